The number of hydrogen-bond donors (Lipinski definition) is 1. The van der Waals surface area contributed by atoms with Gasteiger partial charge in [-0.1, -0.05) is 30.3 Å². The molecule has 2 heterocycles. The number of carbonyl (C=O) groups is 1. The van der Waals surface area contributed by atoms with Gasteiger partial charge in [-0.05, 0) is 35.4 Å². The second kappa shape index (κ2) is 7.09. The zero-order valence-electron chi connectivity index (χ0n) is 14.9. The van der Waals surface area contributed by atoms with Crippen LogP contribution in [0.4, 0.5) is 13.2 Å². The molecule has 2 aromatic carbocycles. The summed E-state index contributed by atoms with van der Waals surface area (Å²) in [5.74, 6) is -0.556. The van der Waals surface area contributed by atoms with Crippen LogP contribution in [0.5, 0.6) is 0 Å². The summed E-state index contributed by atoms with van der Waals surface area (Å²) in [6.07, 6.45) is -1.05. The zero-order chi connectivity index (χ0) is 20.6. The molecule has 0 aliphatic carbocycles. The molecule has 1 N–H and O–H groups in total. The Morgan fingerprint density at radius 2 is 1.83 bits per heavy atom. The molecular weight excluding hydrogens is 383 g/mol. The summed E-state index contributed by atoms with van der Waals surface area (Å²) in [6, 6.07) is 13.2. The van der Waals surface area contributed by atoms with Crippen LogP contribution in [-0.4, -0.2) is 16.1 Å². The number of furan rings is 1. The van der Waals surface area contributed by atoms with Gasteiger partial charge in [0.15, 0.2) is 0 Å². The second-order valence-electron chi connectivity index (χ2n) is 6.58. The van der Waals surface area contributed by atoms with Crippen molar-refractivity contribution in [1.82, 2.24) is 4.98 Å². The fourth-order valence-corrected chi connectivity index (χ4v) is 3.19. The number of hydrogen-bond acceptors (Lipinski definition) is 3. The fourth-order valence-electron chi connectivity index (χ4n) is 3.19. The van der Waals surface area contributed by atoms with Gasteiger partial charge in [0.05, 0.1) is 11.1 Å². The molecule has 0 spiro atoms. The van der Waals surface area contributed by atoms with Gasteiger partial charge in [-0.3, -0.25) is 4.98 Å². The van der Waals surface area contributed by atoms with Crippen molar-refractivity contribution >= 4 is 16.9 Å². The molecule has 0 aliphatic heterocycles. The third-order valence-corrected chi connectivity index (χ3v) is 4.53. The Morgan fingerprint density at radius 1 is 1.03 bits per heavy atom. The number of aromatic carboxylic acids is 1. The maximum atomic E-state index is 12.9. The Balaban J connectivity index is 1.72. The zero-order valence-corrected chi connectivity index (χ0v) is 14.9. The quantitative estimate of drug-likeness (QED) is 0.473. The van der Waals surface area contributed by atoms with E-state index in [-0.39, 0.29) is 12.0 Å². The number of nitrogens with zero attached hydrogens (tertiary/aromatic N) is 1. The molecule has 4 rings (SSSR count). The first-order chi connectivity index (χ1) is 13.8. The fraction of sp³-hybridized carbons (Fsp3) is 0.0909. The Kier molecular flexibility index (Phi) is 4.58. The summed E-state index contributed by atoms with van der Waals surface area (Å²) >= 11 is 0. The van der Waals surface area contributed by atoms with Crippen LogP contribution in [0.2, 0.25) is 0 Å². The van der Waals surface area contributed by atoms with E-state index in [1.54, 1.807) is 36.7 Å². The van der Waals surface area contributed by atoms with Crippen LogP contribution >= 0.6 is 0 Å². The molecule has 0 saturated carbocycles. The van der Waals surface area contributed by atoms with Crippen molar-refractivity contribution in [2.24, 2.45) is 0 Å². The smallest absolute Gasteiger partial charge is 0.416 e. The normalized spacial score (nSPS) is 11.7. The Labute approximate surface area is 163 Å². The minimum Gasteiger partial charge on any atom is -0.478 e. The summed E-state index contributed by atoms with van der Waals surface area (Å²) in [4.78, 5) is 15.4. The number of aromatic nitrogens is 1. The highest BCUT2D eigenvalue weighted by Gasteiger charge is 2.30. The average molecular weight is 397 g/mol. The molecule has 4 nitrogen and oxygen atoms in total. The minimum absolute atomic E-state index is 0.134. The average Bonchev–Trinajstić information content (AvgIpc) is 3.10. The summed E-state index contributed by atoms with van der Waals surface area (Å²) < 4.78 is 44.7. The third-order valence-electron chi connectivity index (χ3n) is 4.53. The molecule has 29 heavy (non-hydrogen) atoms. The van der Waals surface area contributed by atoms with Gasteiger partial charge in [0, 0.05) is 29.8 Å². The van der Waals surface area contributed by atoms with Gasteiger partial charge in [0.1, 0.15) is 11.3 Å². The number of halogens is 3. The van der Waals surface area contributed by atoms with Crippen LogP contribution < -0.4 is 0 Å². The molecule has 7 heteroatoms. The van der Waals surface area contributed by atoms with E-state index in [1.807, 2.05) is 0 Å². The monoisotopic (exact) mass is 397 g/mol. The highest BCUT2D eigenvalue weighted by molar-refractivity contribution is 5.94. The topological polar surface area (TPSA) is 63.3 Å². The SMILES string of the molecule is O=C(O)c1cccc(-c2cncc3cc(Cc4cccc(C(F)(F)F)c4)oc23)c1. The van der Waals surface area contributed by atoms with Crippen molar-refractivity contribution in [3.05, 3.63) is 89.4 Å². The van der Waals surface area contributed by atoms with Gasteiger partial charge < -0.3 is 9.52 Å². The molecule has 0 aliphatic rings. The van der Waals surface area contributed by atoms with Crippen LogP contribution in [0.1, 0.15) is 27.2 Å². The van der Waals surface area contributed by atoms with E-state index in [1.165, 1.54) is 18.2 Å². The van der Waals surface area contributed by atoms with Crippen LogP contribution in [-0.2, 0) is 12.6 Å². The highest BCUT2D eigenvalue weighted by Crippen LogP contribution is 2.33. The molecule has 0 bridgehead atoms. The molecule has 0 saturated heterocycles. The van der Waals surface area contributed by atoms with E-state index in [0.717, 1.165) is 12.1 Å². The number of alkyl halides is 3. The lowest BCUT2D eigenvalue weighted by Gasteiger charge is -2.07. The first-order valence-corrected chi connectivity index (χ1v) is 8.67. The molecule has 146 valence electrons. The van der Waals surface area contributed by atoms with Crippen LogP contribution in [0, 0.1) is 0 Å². The number of carboxylic acids is 1. The molecule has 0 unspecified atom stereocenters. The van der Waals surface area contributed by atoms with E-state index in [4.69, 9.17) is 4.42 Å². The molecule has 2 aromatic heterocycles. The molecule has 0 radical (unpaired) electrons. The van der Waals surface area contributed by atoms with E-state index < -0.39 is 17.7 Å². The molecule has 0 fully saturated rings. The van der Waals surface area contributed by atoms with Crippen LogP contribution in [0.15, 0.2) is 71.4 Å². The van der Waals surface area contributed by atoms with Crippen molar-refractivity contribution < 1.29 is 27.5 Å². The van der Waals surface area contributed by atoms with Crippen LogP contribution in [0.3, 0.4) is 0 Å². The van der Waals surface area contributed by atoms with Gasteiger partial charge >= 0.3 is 12.1 Å². The number of pyridine rings is 1. The van der Waals surface area contributed by atoms with Crippen molar-refractivity contribution in [3.63, 3.8) is 0 Å². The molecule has 0 atom stereocenters. The number of fused-ring (bicyclic) bond motifs is 1. The van der Waals surface area contributed by atoms with E-state index in [9.17, 15) is 23.1 Å². The summed E-state index contributed by atoms with van der Waals surface area (Å²) in [5, 5.41) is 9.88. The lowest BCUT2D eigenvalue weighted by atomic mass is 10.0. The van der Waals surface area contributed by atoms with Crippen molar-refractivity contribution in [1.29, 1.82) is 0 Å². The van der Waals surface area contributed by atoms with Gasteiger partial charge in [0.2, 0.25) is 0 Å². The van der Waals surface area contributed by atoms with Crippen molar-refractivity contribution in [3.8, 4) is 11.1 Å². The molecular formula is C22H14F3NO3. The van der Waals surface area contributed by atoms with Crippen molar-refractivity contribution in [2.45, 2.75) is 12.6 Å². The first-order valence-electron chi connectivity index (χ1n) is 8.67. The third kappa shape index (κ3) is 3.85. The van der Waals surface area contributed by atoms with Gasteiger partial charge in [-0.2, -0.15) is 13.2 Å². The van der Waals surface area contributed by atoms with E-state index in [2.05, 4.69) is 4.98 Å². The van der Waals surface area contributed by atoms with Gasteiger partial charge in [-0.25, -0.2) is 4.79 Å². The summed E-state index contributed by atoms with van der Waals surface area (Å²) in [6.45, 7) is 0. The predicted octanol–water partition coefficient (Wildman–Crippen LogP) is 5.80. The molecule has 4 aromatic rings. The van der Waals surface area contributed by atoms with Crippen molar-refractivity contribution in [2.75, 3.05) is 0 Å². The number of benzene rings is 2. The first kappa shape index (κ1) is 18.7. The largest absolute Gasteiger partial charge is 0.478 e. The Hall–Kier alpha value is -3.61. The maximum absolute atomic E-state index is 12.9. The van der Waals surface area contributed by atoms with E-state index >= 15 is 0 Å². The maximum Gasteiger partial charge on any atom is 0.416 e. The number of rotatable bonds is 4. The van der Waals surface area contributed by atoms with Crippen LogP contribution in [0.25, 0.3) is 22.1 Å². The van der Waals surface area contributed by atoms with E-state index in [0.29, 0.717) is 33.4 Å². The molecule has 0 amide bonds. The lowest BCUT2D eigenvalue weighted by Crippen LogP contribution is -2.05. The lowest BCUT2D eigenvalue weighted by molar-refractivity contribution is -0.137. The Bertz CT molecular complexity index is 1210. The summed E-state index contributed by atoms with van der Waals surface area (Å²) in [7, 11) is 0. The van der Waals surface area contributed by atoms with Gasteiger partial charge in [-0.15, -0.1) is 0 Å². The standard InChI is InChI=1S/C22H14F3NO3/c23-22(24,25)17-6-1-3-13(7-17)8-18-10-16-11-26-12-19(20(16)29-18)14-4-2-5-15(9-14)21(27)28/h1-7,9-12H,8H2,(H,27,28). The number of carboxylic acid groups (broad SMARTS) is 1. The summed E-state index contributed by atoms with van der Waals surface area (Å²) in [5.41, 5.74) is 1.64. The Morgan fingerprint density at radius 3 is 2.59 bits per heavy atom. The predicted molar refractivity (Wildman–Crippen MR) is 101 cm³/mol. The second-order valence-corrected chi connectivity index (χ2v) is 6.58. The van der Waals surface area contributed by atoms with Gasteiger partial charge in [0.25, 0.3) is 0 Å². The minimum atomic E-state index is -4.41. The highest BCUT2D eigenvalue weighted by atomic mass is 19.4.